The maximum Gasteiger partial charge on any atom is 0.271 e. The predicted octanol–water partition coefficient (Wildman–Crippen LogP) is 3.20. The maximum atomic E-state index is 12.1. The zero-order valence-corrected chi connectivity index (χ0v) is 14.6. The molecule has 3 rings (SSSR count). The third-order valence-corrected chi connectivity index (χ3v) is 3.93. The van der Waals surface area contributed by atoms with Crippen molar-refractivity contribution in [3.05, 3.63) is 59.7 Å². The van der Waals surface area contributed by atoms with Crippen molar-refractivity contribution in [3.8, 4) is 5.75 Å². The summed E-state index contributed by atoms with van der Waals surface area (Å²) in [7, 11) is 0. The Morgan fingerprint density at radius 3 is 2.42 bits per heavy atom. The molecule has 0 heterocycles. The number of hydrazone groups is 1. The van der Waals surface area contributed by atoms with Crippen molar-refractivity contribution in [2.75, 3.05) is 11.9 Å². The molecule has 0 bridgehead atoms. The van der Waals surface area contributed by atoms with Gasteiger partial charge in [-0.25, -0.2) is 5.43 Å². The van der Waals surface area contributed by atoms with E-state index in [4.69, 9.17) is 4.74 Å². The van der Waals surface area contributed by atoms with Gasteiger partial charge in [0.2, 0.25) is 5.91 Å². The first-order valence-corrected chi connectivity index (χ1v) is 8.63. The second-order valence-electron chi connectivity index (χ2n) is 6.04. The smallest absolute Gasteiger partial charge is 0.271 e. The summed E-state index contributed by atoms with van der Waals surface area (Å²) in [4.78, 5) is 23.8. The zero-order valence-electron chi connectivity index (χ0n) is 14.6. The van der Waals surface area contributed by atoms with Crippen LogP contribution in [0.1, 0.15) is 35.7 Å². The molecule has 0 atom stereocenters. The zero-order chi connectivity index (χ0) is 18.4. The Labute approximate surface area is 152 Å². The van der Waals surface area contributed by atoms with Crippen molar-refractivity contribution in [2.45, 2.75) is 19.8 Å². The minimum atomic E-state index is -0.313. The summed E-state index contributed by atoms with van der Waals surface area (Å²) in [5, 5.41) is 6.80. The quantitative estimate of drug-likeness (QED) is 0.594. The largest absolute Gasteiger partial charge is 0.494 e. The highest BCUT2D eigenvalue weighted by Gasteiger charge is 2.29. The molecule has 0 spiro atoms. The number of rotatable bonds is 7. The Morgan fingerprint density at radius 2 is 1.81 bits per heavy atom. The number of nitrogens with one attached hydrogen (secondary N) is 2. The van der Waals surface area contributed by atoms with E-state index in [1.807, 2.05) is 31.2 Å². The Hall–Kier alpha value is -3.15. The number of amides is 2. The molecule has 0 aliphatic heterocycles. The minimum Gasteiger partial charge on any atom is -0.494 e. The topological polar surface area (TPSA) is 79.8 Å². The molecule has 2 aromatic carbocycles. The van der Waals surface area contributed by atoms with Crippen LogP contribution in [0.15, 0.2) is 53.6 Å². The molecule has 0 unspecified atom stereocenters. The van der Waals surface area contributed by atoms with E-state index in [1.54, 1.807) is 30.5 Å². The van der Waals surface area contributed by atoms with Crippen molar-refractivity contribution < 1.29 is 14.3 Å². The maximum absolute atomic E-state index is 12.1. The van der Waals surface area contributed by atoms with E-state index in [9.17, 15) is 9.59 Å². The Kier molecular flexibility index (Phi) is 5.63. The van der Waals surface area contributed by atoms with Crippen LogP contribution < -0.4 is 15.5 Å². The van der Waals surface area contributed by atoms with Crippen LogP contribution in [0, 0.1) is 5.92 Å². The van der Waals surface area contributed by atoms with Gasteiger partial charge in [0.1, 0.15) is 5.75 Å². The van der Waals surface area contributed by atoms with Crippen LogP contribution in [0.25, 0.3) is 0 Å². The summed E-state index contributed by atoms with van der Waals surface area (Å²) < 4.78 is 5.37. The molecule has 2 aromatic rings. The van der Waals surface area contributed by atoms with E-state index < -0.39 is 0 Å². The van der Waals surface area contributed by atoms with Crippen LogP contribution in [-0.4, -0.2) is 24.6 Å². The van der Waals surface area contributed by atoms with Crippen molar-refractivity contribution in [1.29, 1.82) is 0 Å². The van der Waals surface area contributed by atoms with E-state index in [2.05, 4.69) is 15.8 Å². The highest BCUT2D eigenvalue weighted by atomic mass is 16.5. The van der Waals surface area contributed by atoms with Crippen LogP contribution >= 0.6 is 0 Å². The van der Waals surface area contributed by atoms with Gasteiger partial charge >= 0.3 is 0 Å². The molecule has 26 heavy (non-hydrogen) atoms. The summed E-state index contributed by atoms with van der Waals surface area (Å²) in [6.07, 6.45) is 3.48. The molecule has 6 heteroatoms. The van der Waals surface area contributed by atoms with Crippen LogP contribution in [0.5, 0.6) is 5.75 Å². The second-order valence-corrected chi connectivity index (χ2v) is 6.04. The highest BCUT2D eigenvalue weighted by Crippen LogP contribution is 2.30. The Bertz CT molecular complexity index is 794. The number of anilines is 1. The fourth-order valence-corrected chi connectivity index (χ4v) is 2.34. The van der Waals surface area contributed by atoms with Gasteiger partial charge in [0, 0.05) is 17.2 Å². The summed E-state index contributed by atoms with van der Waals surface area (Å²) in [6.45, 7) is 2.55. The van der Waals surface area contributed by atoms with E-state index in [1.165, 1.54) is 0 Å². The van der Waals surface area contributed by atoms with Gasteiger partial charge in [0.15, 0.2) is 0 Å². The van der Waals surface area contributed by atoms with Gasteiger partial charge in [-0.2, -0.15) is 5.10 Å². The molecule has 1 fully saturated rings. The molecule has 0 radical (unpaired) electrons. The number of carbonyl (C=O) groups excluding carboxylic acids is 2. The molecule has 0 saturated heterocycles. The Balaban J connectivity index is 1.51. The molecule has 2 N–H and O–H groups in total. The monoisotopic (exact) mass is 351 g/mol. The number of hydrogen-bond acceptors (Lipinski definition) is 4. The van der Waals surface area contributed by atoms with Crippen LogP contribution in [0.2, 0.25) is 0 Å². The first-order chi connectivity index (χ1) is 12.7. The summed E-state index contributed by atoms with van der Waals surface area (Å²) in [6, 6.07) is 14.2. The molecule has 6 nitrogen and oxygen atoms in total. The first kappa shape index (κ1) is 17.7. The van der Waals surface area contributed by atoms with Gasteiger partial charge < -0.3 is 10.1 Å². The highest BCUT2D eigenvalue weighted by molar-refractivity contribution is 5.97. The molecule has 134 valence electrons. The van der Waals surface area contributed by atoms with E-state index in [0.29, 0.717) is 17.9 Å². The summed E-state index contributed by atoms with van der Waals surface area (Å²) in [5.74, 6) is 0.673. The van der Waals surface area contributed by atoms with Gasteiger partial charge in [0.25, 0.3) is 5.91 Å². The molecule has 0 aromatic heterocycles. The van der Waals surface area contributed by atoms with E-state index in [-0.39, 0.29) is 17.7 Å². The van der Waals surface area contributed by atoms with Crippen molar-refractivity contribution in [1.82, 2.24) is 5.43 Å². The lowest BCUT2D eigenvalue weighted by Crippen LogP contribution is -2.18. The molecule has 2 amide bonds. The van der Waals surface area contributed by atoms with Gasteiger partial charge in [-0.3, -0.25) is 9.59 Å². The summed E-state index contributed by atoms with van der Waals surface area (Å²) in [5.41, 5.74) is 4.50. The molecule has 1 aliphatic carbocycles. The average molecular weight is 351 g/mol. The third kappa shape index (κ3) is 4.92. The number of ether oxygens (including phenoxy) is 1. The normalized spacial score (nSPS) is 13.4. The first-order valence-electron chi connectivity index (χ1n) is 8.63. The van der Waals surface area contributed by atoms with Gasteiger partial charge in [-0.05, 0) is 73.9 Å². The van der Waals surface area contributed by atoms with Crippen LogP contribution in [0.4, 0.5) is 5.69 Å². The molecular formula is C20H21N3O3. The van der Waals surface area contributed by atoms with E-state index >= 15 is 0 Å². The van der Waals surface area contributed by atoms with Gasteiger partial charge in [0.05, 0.1) is 12.8 Å². The standard InChI is InChI=1S/C20H21N3O3/c1-2-26-18-11-3-14(4-12-18)13-21-23-20(25)16-7-9-17(10-8-16)22-19(24)15-5-6-15/h3-4,7-13,15H,2,5-6H2,1H3,(H,22,24)(H,23,25)/b21-13+. The third-order valence-electron chi connectivity index (χ3n) is 3.93. The molecule has 1 aliphatic rings. The van der Waals surface area contributed by atoms with Crippen molar-refractivity contribution in [2.24, 2.45) is 11.0 Å². The van der Waals surface area contributed by atoms with Crippen molar-refractivity contribution in [3.63, 3.8) is 0 Å². The second kappa shape index (κ2) is 8.29. The minimum absolute atomic E-state index is 0.0437. The van der Waals surface area contributed by atoms with Crippen LogP contribution in [-0.2, 0) is 4.79 Å². The molecule has 1 saturated carbocycles. The summed E-state index contributed by atoms with van der Waals surface area (Å²) >= 11 is 0. The van der Waals surface area contributed by atoms with E-state index in [0.717, 1.165) is 24.2 Å². The number of carbonyl (C=O) groups is 2. The number of hydrogen-bond donors (Lipinski definition) is 2. The average Bonchev–Trinajstić information content (AvgIpc) is 3.49. The lowest BCUT2D eigenvalue weighted by Gasteiger charge is -2.05. The fourth-order valence-electron chi connectivity index (χ4n) is 2.34. The fraction of sp³-hybridized carbons (Fsp3) is 0.250. The van der Waals surface area contributed by atoms with Gasteiger partial charge in [-0.1, -0.05) is 0 Å². The van der Waals surface area contributed by atoms with Gasteiger partial charge in [-0.15, -0.1) is 0 Å². The Morgan fingerprint density at radius 1 is 1.12 bits per heavy atom. The van der Waals surface area contributed by atoms with Crippen LogP contribution in [0.3, 0.4) is 0 Å². The lowest BCUT2D eigenvalue weighted by molar-refractivity contribution is -0.117. The lowest BCUT2D eigenvalue weighted by atomic mass is 10.2. The van der Waals surface area contributed by atoms with Crippen molar-refractivity contribution >= 4 is 23.7 Å². The SMILES string of the molecule is CCOc1ccc(/C=N/NC(=O)c2ccc(NC(=O)C3CC3)cc2)cc1. The predicted molar refractivity (Wildman–Crippen MR) is 100 cm³/mol. The number of nitrogens with zero attached hydrogens (tertiary/aromatic N) is 1. The number of benzene rings is 2. The molecular weight excluding hydrogens is 330 g/mol.